The molecule has 1 aromatic heterocycles. The number of hydrogen-bond donors (Lipinski definition) is 3. The van der Waals surface area contributed by atoms with Crippen molar-refractivity contribution >= 4 is 36.7 Å². The standard InChI is InChI=1S/C23H27N3O5S2/c1-14-10-17-18(26-19-12-23(2,3)13-20(27)22(17)19)11-21(14)33(30,31)25-9-8-15-4-6-16(7-5-15)32(24,28)29/h4-7,10-11,25-26H,8-9,12-13H2,1-3H3,(H2,24,28,29). The number of carbonyl (C=O) groups excluding carboxylic acids is 1. The van der Waals surface area contributed by atoms with Gasteiger partial charge in [0.05, 0.1) is 9.79 Å². The molecule has 1 aliphatic rings. The lowest BCUT2D eigenvalue weighted by Crippen LogP contribution is -2.26. The molecule has 0 radical (unpaired) electrons. The topological polar surface area (TPSA) is 139 Å². The molecule has 3 aromatic rings. The second-order valence-electron chi connectivity index (χ2n) is 9.42. The Morgan fingerprint density at radius 2 is 1.73 bits per heavy atom. The zero-order valence-corrected chi connectivity index (χ0v) is 20.4. The van der Waals surface area contributed by atoms with Crippen LogP contribution >= 0.6 is 0 Å². The van der Waals surface area contributed by atoms with Crippen LogP contribution in [0.3, 0.4) is 0 Å². The first-order chi connectivity index (χ1) is 15.3. The molecule has 0 saturated heterocycles. The number of aryl methyl sites for hydroxylation is 1. The van der Waals surface area contributed by atoms with E-state index in [1.807, 2.05) is 13.8 Å². The number of fused-ring (bicyclic) bond motifs is 3. The van der Waals surface area contributed by atoms with Crippen molar-refractivity contribution in [1.29, 1.82) is 0 Å². The van der Waals surface area contributed by atoms with Gasteiger partial charge >= 0.3 is 0 Å². The molecule has 0 fully saturated rings. The third-order valence-corrected chi connectivity index (χ3v) is 8.52. The van der Waals surface area contributed by atoms with Gasteiger partial charge < -0.3 is 4.98 Å². The number of aromatic amines is 1. The Hall–Kier alpha value is -2.53. The van der Waals surface area contributed by atoms with Crippen LogP contribution in [-0.2, 0) is 32.9 Å². The van der Waals surface area contributed by atoms with Gasteiger partial charge in [0, 0.05) is 35.1 Å². The highest BCUT2D eigenvalue weighted by Gasteiger charge is 2.34. The number of ketones is 1. The molecule has 1 aliphatic carbocycles. The number of benzene rings is 2. The third-order valence-electron chi connectivity index (χ3n) is 5.99. The van der Waals surface area contributed by atoms with Gasteiger partial charge in [-0.3, -0.25) is 4.79 Å². The number of aromatic nitrogens is 1. The van der Waals surface area contributed by atoms with E-state index in [2.05, 4.69) is 9.71 Å². The van der Waals surface area contributed by atoms with E-state index in [1.54, 1.807) is 31.2 Å². The second kappa shape index (κ2) is 8.05. The lowest BCUT2D eigenvalue weighted by Gasteiger charge is -2.28. The van der Waals surface area contributed by atoms with E-state index in [9.17, 15) is 21.6 Å². The van der Waals surface area contributed by atoms with Gasteiger partial charge in [-0.2, -0.15) is 0 Å². The van der Waals surface area contributed by atoms with Crippen molar-refractivity contribution in [3.05, 3.63) is 58.8 Å². The number of carbonyl (C=O) groups is 1. The van der Waals surface area contributed by atoms with Gasteiger partial charge in [0.1, 0.15) is 0 Å². The van der Waals surface area contributed by atoms with Gasteiger partial charge in [0.25, 0.3) is 0 Å². The van der Waals surface area contributed by atoms with Crippen LogP contribution in [0, 0.1) is 12.3 Å². The Kier molecular flexibility index (Phi) is 5.76. The molecule has 0 atom stereocenters. The Labute approximate surface area is 193 Å². The molecule has 2 aromatic carbocycles. The van der Waals surface area contributed by atoms with Crippen LogP contribution in [0.25, 0.3) is 10.9 Å². The Balaban J connectivity index is 1.55. The van der Waals surface area contributed by atoms with Crippen molar-refractivity contribution in [2.75, 3.05) is 6.54 Å². The number of sulfonamides is 2. The fourth-order valence-corrected chi connectivity index (χ4v) is 6.24. The largest absolute Gasteiger partial charge is 0.358 e. The van der Waals surface area contributed by atoms with Crippen molar-refractivity contribution in [2.24, 2.45) is 10.6 Å². The number of Topliss-reactive ketones (excluding diaryl/α,β-unsaturated/α-hetero) is 1. The predicted molar refractivity (Wildman–Crippen MR) is 126 cm³/mol. The number of H-pyrrole nitrogens is 1. The van der Waals surface area contributed by atoms with Gasteiger partial charge in [0.15, 0.2) is 5.78 Å². The summed E-state index contributed by atoms with van der Waals surface area (Å²) in [5, 5.41) is 5.86. The summed E-state index contributed by atoms with van der Waals surface area (Å²) in [6, 6.07) is 9.36. The van der Waals surface area contributed by atoms with Crippen molar-refractivity contribution in [2.45, 2.75) is 49.8 Å². The highest BCUT2D eigenvalue weighted by molar-refractivity contribution is 7.89. The molecule has 0 aliphatic heterocycles. The van der Waals surface area contributed by atoms with Crippen molar-refractivity contribution < 1.29 is 21.6 Å². The maximum atomic E-state index is 13.0. The number of nitrogens with two attached hydrogens (primary N) is 1. The first-order valence-corrected chi connectivity index (χ1v) is 13.6. The first kappa shape index (κ1) is 23.6. The lowest BCUT2D eigenvalue weighted by molar-refractivity contribution is 0.0913. The molecule has 0 spiro atoms. The van der Waals surface area contributed by atoms with Crippen LogP contribution in [0.2, 0.25) is 0 Å². The molecule has 176 valence electrons. The maximum Gasteiger partial charge on any atom is 0.240 e. The molecule has 33 heavy (non-hydrogen) atoms. The minimum atomic E-state index is -3.79. The van der Waals surface area contributed by atoms with Crippen LogP contribution in [0.1, 0.15) is 47.4 Å². The van der Waals surface area contributed by atoms with E-state index < -0.39 is 20.0 Å². The van der Waals surface area contributed by atoms with E-state index in [0.29, 0.717) is 29.5 Å². The second-order valence-corrected chi connectivity index (χ2v) is 12.7. The monoisotopic (exact) mass is 489 g/mol. The predicted octanol–water partition coefficient (Wildman–Crippen LogP) is 2.80. The number of hydrogen-bond acceptors (Lipinski definition) is 5. The van der Waals surface area contributed by atoms with Gasteiger partial charge in [-0.25, -0.2) is 26.7 Å². The van der Waals surface area contributed by atoms with E-state index in [4.69, 9.17) is 5.14 Å². The highest BCUT2D eigenvalue weighted by Crippen LogP contribution is 2.38. The van der Waals surface area contributed by atoms with Gasteiger partial charge in [-0.05, 0) is 60.6 Å². The number of primary sulfonamides is 1. The summed E-state index contributed by atoms with van der Waals surface area (Å²) < 4.78 is 51.3. The molecule has 10 heteroatoms. The fraction of sp³-hybridized carbons (Fsp3) is 0.348. The van der Waals surface area contributed by atoms with Crippen LogP contribution in [0.4, 0.5) is 0 Å². The van der Waals surface area contributed by atoms with E-state index in [-0.39, 0.29) is 27.5 Å². The Bertz CT molecular complexity index is 1470. The smallest absolute Gasteiger partial charge is 0.240 e. The van der Waals surface area contributed by atoms with Crippen LogP contribution in [0.15, 0.2) is 46.2 Å². The summed E-state index contributed by atoms with van der Waals surface area (Å²) in [7, 11) is -7.56. The average molecular weight is 490 g/mol. The van der Waals surface area contributed by atoms with Gasteiger partial charge in [-0.15, -0.1) is 0 Å². The van der Waals surface area contributed by atoms with Crippen LogP contribution < -0.4 is 9.86 Å². The lowest BCUT2D eigenvalue weighted by atomic mass is 9.76. The minimum absolute atomic E-state index is 0.00581. The van der Waals surface area contributed by atoms with Crippen LogP contribution in [0.5, 0.6) is 0 Å². The third kappa shape index (κ3) is 4.74. The van der Waals surface area contributed by atoms with E-state index >= 15 is 0 Å². The molecule has 0 amide bonds. The van der Waals surface area contributed by atoms with Crippen molar-refractivity contribution in [3.8, 4) is 0 Å². The van der Waals surface area contributed by atoms with Gasteiger partial charge in [-0.1, -0.05) is 26.0 Å². The van der Waals surface area contributed by atoms with Crippen molar-refractivity contribution in [1.82, 2.24) is 9.71 Å². The molecule has 8 nitrogen and oxygen atoms in total. The van der Waals surface area contributed by atoms with Gasteiger partial charge in [0.2, 0.25) is 20.0 Å². The number of rotatable bonds is 6. The maximum absolute atomic E-state index is 13.0. The molecular formula is C23H27N3O5S2. The quantitative estimate of drug-likeness (QED) is 0.489. The zero-order chi connectivity index (χ0) is 24.2. The molecule has 4 N–H and O–H groups in total. The normalized spacial score (nSPS) is 16.2. The molecule has 0 bridgehead atoms. The Morgan fingerprint density at radius 3 is 2.36 bits per heavy atom. The molecule has 0 unspecified atom stereocenters. The summed E-state index contributed by atoms with van der Waals surface area (Å²) in [6.45, 7) is 5.96. The SMILES string of the molecule is Cc1cc2c3c([nH]c2cc1S(=O)(=O)NCCc1ccc(S(N)(=O)=O)cc1)CC(C)(C)CC3=O. The summed E-state index contributed by atoms with van der Waals surface area (Å²) in [5.41, 5.74) is 3.37. The molecule has 0 saturated carbocycles. The summed E-state index contributed by atoms with van der Waals surface area (Å²) in [6.07, 6.45) is 1.57. The summed E-state index contributed by atoms with van der Waals surface area (Å²) in [4.78, 5) is 16.2. The van der Waals surface area contributed by atoms with E-state index in [0.717, 1.165) is 23.1 Å². The summed E-state index contributed by atoms with van der Waals surface area (Å²) >= 11 is 0. The van der Waals surface area contributed by atoms with Crippen molar-refractivity contribution in [3.63, 3.8) is 0 Å². The summed E-state index contributed by atoms with van der Waals surface area (Å²) in [5.74, 6) is 0.0779. The zero-order valence-electron chi connectivity index (χ0n) is 18.7. The Morgan fingerprint density at radius 1 is 1.06 bits per heavy atom. The van der Waals surface area contributed by atoms with Crippen LogP contribution in [-0.4, -0.2) is 34.1 Å². The van der Waals surface area contributed by atoms with E-state index in [1.165, 1.54) is 12.1 Å². The fourth-order valence-electron chi connectivity index (χ4n) is 4.44. The molecular weight excluding hydrogens is 462 g/mol. The first-order valence-electron chi connectivity index (χ1n) is 10.6. The highest BCUT2D eigenvalue weighted by atomic mass is 32.2. The molecule has 4 rings (SSSR count). The minimum Gasteiger partial charge on any atom is -0.358 e. The molecule has 1 heterocycles. The average Bonchev–Trinajstić information content (AvgIpc) is 3.02. The number of nitrogens with one attached hydrogen (secondary N) is 2.